The molecule has 1 saturated heterocycles. The summed E-state index contributed by atoms with van der Waals surface area (Å²) in [7, 11) is 1.69. The van der Waals surface area contributed by atoms with Gasteiger partial charge in [-0.2, -0.15) is 0 Å². The number of hydrogen-bond donors (Lipinski definition) is 0. The Morgan fingerprint density at radius 1 is 1.20 bits per heavy atom. The summed E-state index contributed by atoms with van der Waals surface area (Å²) in [4.78, 5) is 6.72. The van der Waals surface area contributed by atoms with E-state index in [1.165, 1.54) is 18.4 Å². The molecule has 3 heterocycles. The molecule has 0 spiro atoms. The minimum absolute atomic E-state index is 0.764. The third-order valence-electron chi connectivity index (χ3n) is 5.11. The SMILES string of the molecule is COc1ccc2oc(CN3CCC(Cc4cccnc4)CC3)cc2c1. The Morgan fingerprint density at radius 3 is 2.84 bits per heavy atom. The summed E-state index contributed by atoms with van der Waals surface area (Å²) >= 11 is 0. The zero-order valence-electron chi connectivity index (χ0n) is 14.6. The molecule has 0 N–H and O–H groups in total. The summed E-state index contributed by atoms with van der Waals surface area (Å²) in [6.45, 7) is 3.15. The zero-order chi connectivity index (χ0) is 17.1. The predicted octanol–water partition coefficient (Wildman–Crippen LogP) is 4.29. The van der Waals surface area contributed by atoms with Crippen LogP contribution in [0.15, 0.2) is 53.2 Å². The highest BCUT2D eigenvalue weighted by Gasteiger charge is 2.20. The lowest BCUT2D eigenvalue weighted by molar-refractivity contribution is 0.167. The molecule has 3 aromatic rings. The van der Waals surface area contributed by atoms with E-state index in [2.05, 4.69) is 22.0 Å². The van der Waals surface area contributed by atoms with Crippen molar-refractivity contribution >= 4 is 11.0 Å². The van der Waals surface area contributed by atoms with Gasteiger partial charge in [-0.05, 0) is 74.2 Å². The first-order valence-electron chi connectivity index (χ1n) is 8.98. The quantitative estimate of drug-likeness (QED) is 0.697. The van der Waals surface area contributed by atoms with Crippen molar-refractivity contribution in [1.29, 1.82) is 0 Å². The Bertz CT molecular complexity index is 820. The molecule has 0 aliphatic carbocycles. The maximum absolute atomic E-state index is 5.99. The largest absolute Gasteiger partial charge is 0.497 e. The first-order chi connectivity index (χ1) is 12.3. The molecule has 4 rings (SSSR count). The van der Waals surface area contributed by atoms with Crippen LogP contribution in [0.3, 0.4) is 0 Å². The fourth-order valence-corrected chi connectivity index (χ4v) is 3.70. The van der Waals surface area contributed by atoms with Gasteiger partial charge in [0.2, 0.25) is 0 Å². The number of methoxy groups -OCH3 is 1. The number of nitrogens with zero attached hydrogens (tertiary/aromatic N) is 2. The van der Waals surface area contributed by atoms with Gasteiger partial charge in [0.25, 0.3) is 0 Å². The average molecular weight is 336 g/mol. The second kappa shape index (κ2) is 7.28. The summed E-state index contributed by atoms with van der Waals surface area (Å²) in [5, 5.41) is 1.11. The molecule has 4 heteroatoms. The van der Waals surface area contributed by atoms with Gasteiger partial charge in [0.15, 0.2) is 0 Å². The van der Waals surface area contributed by atoms with E-state index in [0.29, 0.717) is 0 Å². The van der Waals surface area contributed by atoms with E-state index in [4.69, 9.17) is 9.15 Å². The van der Waals surface area contributed by atoms with Crippen molar-refractivity contribution in [3.63, 3.8) is 0 Å². The molecule has 0 atom stereocenters. The number of rotatable bonds is 5. The molecular formula is C21H24N2O2. The molecule has 0 amide bonds. The van der Waals surface area contributed by atoms with Crippen LogP contribution in [-0.4, -0.2) is 30.1 Å². The van der Waals surface area contributed by atoms with Crippen LogP contribution >= 0.6 is 0 Å². The van der Waals surface area contributed by atoms with Gasteiger partial charge in [-0.15, -0.1) is 0 Å². The van der Waals surface area contributed by atoms with Crippen LogP contribution in [0.1, 0.15) is 24.2 Å². The smallest absolute Gasteiger partial charge is 0.134 e. The Kier molecular flexibility index (Phi) is 4.70. The van der Waals surface area contributed by atoms with Crippen molar-refractivity contribution in [1.82, 2.24) is 9.88 Å². The molecule has 25 heavy (non-hydrogen) atoms. The van der Waals surface area contributed by atoms with Gasteiger partial charge >= 0.3 is 0 Å². The molecule has 0 bridgehead atoms. The molecule has 1 aliphatic rings. The third-order valence-corrected chi connectivity index (χ3v) is 5.11. The van der Waals surface area contributed by atoms with Crippen molar-refractivity contribution in [2.45, 2.75) is 25.8 Å². The minimum Gasteiger partial charge on any atom is -0.497 e. The lowest BCUT2D eigenvalue weighted by Gasteiger charge is -2.31. The van der Waals surface area contributed by atoms with Crippen molar-refractivity contribution < 1.29 is 9.15 Å². The molecule has 130 valence electrons. The molecule has 4 nitrogen and oxygen atoms in total. The van der Waals surface area contributed by atoms with Crippen molar-refractivity contribution in [2.75, 3.05) is 20.2 Å². The van der Waals surface area contributed by atoms with E-state index in [-0.39, 0.29) is 0 Å². The van der Waals surface area contributed by atoms with Crippen LogP contribution in [0.2, 0.25) is 0 Å². The Labute approximate surface area is 148 Å². The first-order valence-corrected chi connectivity index (χ1v) is 8.98. The maximum Gasteiger partial charge on any atom is 0.134 e. The first kappa shape index (κ1) is 16.2. The Morgan fingerprint density at radius 2 is 2.08 bits per heavy atom. The van der Waals surface area contributed by atoms with E-state index < -0.39 is 0 Å². The van der Waals surface area contributed by atoms with Crippen LogP contribution in [0, 0.1) is 5.92 Å². The van der Waals surface area contributed by atoms with E-state index in [0.717, 1.165) is 54.5 Å². The Hall–Kier alpha value is -2.33. The van der Waals surface area contributed by atoms with Crippen LogP contribution in [0.5, 0.6) is 5.75 Å². The maximum atomic E-state index is 5.99. The normalized spacial score (nSPS) is 16.4. The van der Waals surface area contributed by atoms with Crippen LogP contribution in [0.4, 0.5) is 0 Å². The van der Waals surface area contributed by atoms with E-state index >= 15 is 0 Å². The molecule has 1 fully saturated rings. The lowest BCUT2D eigenvalue weighted by atomic mass is 9.91. The summed E-state index contributed by atoms with van der Waals surface area (Å²) in [5.74, 6) is 2.67. The number of hydrogen-bond acceptors (Lipinski definition) is 4. The summed E-state index contributed by atoms with van der Waals surface area (Å²) in [6.07, 6.45) is 7.46. The standard InChI is InChI=1S/C21H24N2O2/c1-24-19-4-5-21-18(12-19)13-20(25-21)15-23-9-6-16(7-10-23)11-17-3-2-8-22-14-17/h2-5,8,12-14,16H,6-7,9-11,15H2,1H3. The number of furan rings is 1. The number of fused-ring (bicyclic) bond motifs is 1. The fraction of sp³-hybridized carbons (Fsp3) is 0.381. The molecule has 1 aliphatic heterocycles. The van der Waals surface area contributed by atoms with Crippen LogP contribution in [-0.2, 0) is 13.0 Å². The molecule has 0 saturated carbocycles. The Balaban J connectivity index is 1.34. The average Bonchev–Trinajstić information content (AvgIpc) is 3.05. The summed E-state index contributed by atoms with van der Waals surface area (Å²) in [5.41, 5.74) is 2.29. The second-order valence-corrected chi connectivity index (χ2v) is 6.90. The van der Waals surface area contributed by atoms with E-state index in [1.54, 1.807) is 7.11 Å². The predicted molar refractivity (Wildman–Crippen MR) is 98.7 cm³/mol. The zero-order valence-corrected chi connectivity index (χ0v) is 14.6. The number of piperidine rings is 1. The third kappa shape index (κ3) is 3.85. The van der Waals surface area contributed by atoms with Gasteiger partial charge in [0.05, 0.1) is 13.7 Å². The topological polar surface area (TPSA) is 38.5 Å². The molecular weight excluding hydrogens is 312 g/mol. The summed E-state index contributed by atoms with van der Waals surface area (Å²) in [6, 6.07) is 12.3. The van der Waals surface area contributed by atoms with E-state index in [9.17, 15) is 0 Å². The number of likely N-dealkylation sites (tertiary alicyclic amines) is 1. The summed E-state index contributed by atoms with van der Waals surface area (Å²) < 4.78 is 11.3. The van der Waals surface area contributed by atoms with Gasteiger partial charge in [-0.1, -0.05) is 6.07 Å². The van der Waals surface area contributed by atoms with Gasteiger partial charge in [0.1, 0.15) is 17.1 Å². The van der Waals surface area contributed by atoms with Crippen molar-refractivity contribution in [2.24, 2.45) is 5.92 Å². The highest BCUT2D eigenvalue weighted by atomic mass is 16.5. The molecule has 2 aromatic heterocycles. The second-order valence-electron chi connectivity index (χ2n) is 6.90. The van der Waals surface area contributed by atoms with Crippen LogP contribution < -0.4 is 4.74 Å². The van der Waals surface area contributed by atoms with E-state index in [1.807, 2.05) is 36.7 Å². The number of benzene rings is 1. The lowest BCUT2D eigenvalue weighted by Crippen LogP contribution is -2.33. The fourth-order valence-electron chi connectivity index (χ4n) is 3.70. The highest BCUT2D eigenvalue weighted by molar-refractivity contribution is 5.79. The molecule has 0 unspecified atom stereocenters. The van der Waals surface area contributed by atoms with Crippen molar-refractivity contribution in [3.8, 4) is 5.75 Å². The monoisotopic (exact) mass is 336 g/mol. The van der Waals surface area contributed by atoms with Gasteiger partial charge in [-0.3, -0.25) is 9.88 Å². The van der Waals surface area contributed by atoms with Gasteiger partial charge in [-0.25, -0.2) is 0 Å². The van der Waals surface area contributed by atoms with Gasteiger partial charge < -0.3 is 9.15 Å². The van der Waals surface area contributed by atoms with Crippen LogP contribution in [0.25, 0.3) is 11.0 Å². The van der Waals surface area contributed by atoms with Gasteiger partial charge in [0, 0.05) is 17.8 Å². The molecule has 1 aromatic carbocycles. The van der Waals surface area contributed by atoms with Crippen molar-refractivity contribution in [3.05, 3.63) is 60.1 Å². The minimum atomic E-state index is 0.764. The molecule has 0 radical (unpaired) electrons. The number of pyridine rings is 1. The number of ether oxygens (including phenoxy) is 1. The number of aromatic nitrogens is 1. The highest BCUT2D eigenvalue weighted by Crippen LogP contribution is 2.27.